The van der Waals surface area contributed by atoms with Crippen molar-refractivity contribution < 1.29 is 9.68 Å². The molecule has 2 nitrogen and oxygen atoms in total. The molecule has 0 bridgehead atoms. The van der Waals surface area contributed by atoms with Gasteiger partial charge < -0.3 is 9.68 Å². The van der Waals surface area contributed by atoms with Gasteiger partial charge in [0.1, 0.15) is 5.75 Å². The molecule has 6 aromatic rings. The first-order chi connectivity index (χ1) is 20.2. The maximum Gasteiger partial charge on any atom is 0.504 e. The molecular formula is C37H26BClO2. The SMILES string of the molecule is OBOc1ccc2c(c1)-c1cc(Cl)ccc1C2(c1ccc(-c2ccccc2)cc1)c1ccc(-c2ccccc2)cc1. The summed E-state index contributed by atoms with van der Waals surface area (Å²) in [5, 5.41) is 10.1. The number of hydrogen-bond acceptors (Lipinski definition) is 2. The maximum atomic E-state index is 9.46. The second-order valence-corrected chi connectivity index (χ2v) is 10.7. The third-order valence-corrected chi connectivity index (χ3v) is 8.39. The number of fused-ring (bicyclic) bond motifs is 3. The van der Waals surface area contributed by atoms with Crippen LogP contribution in [-0.4, -0.2) is 12.7 Å². The average molecular weight is 549 g/mol. The van der Waals surface area contributed by atoms with Crippen LogP contribution in [0.15, 0.2) is 146 Å². The summed E-state index contributed by atoms with van der Waals surface area (Å²) in [5.74, 6) is 0.617. The summed E-state index contributed by atoms with van der Waals surface area (Å²) < 4.78 is 5.51. The molecule has 7 rings (SSSR count). The highest BCUT2D eigenvalue weighted by Gasteiger charge is 2.46. The van der Waals surface area contributed by atoms with E-state index in [-0.39, 0.29) is 7.69 Å². The molecule has 4 heteroatoms. The predicted molar refractivity (Wildman–Crippen MR) is 170 cm³/mol. The Morgan fingerprint density at radius 1 is 0.512 bits per heavy atom. The summed E-state index contributed by atoms with van der Waals surface area (Å²) >= 11 is 6.58. The van der Waals surface area contributed by atoms with Crippen LogP contribution in [-0.2, 0) is 5.41 Å². The Labute approximate surface area is 245 Å². The summed E-state index contributed by atoms with van der Waals surface area (Å²) in [6, 6.07) is 51.0. The molecule has 1 aliphatic rings. The van der Waals surface area contributed by atoms with Crippen molar-refractivity contribution in [2.45, 2.75) is 5.41 Å². The van der Waals surface area contributed by atoms with Crippen molar-refractivity contribution in [1.29, 1.82) is 0 Å². The van der Waals surface area contributed by atoms with E-state index in [0.717, 1.165) is 22.3 Å². The molecule has 1 aliphatic carbocycles. The normalized spacial score (nSPS) is 12.8. The van der Waals surface area contributed by atoms with Crippen molar-refractivity contribution in [2.75, 3.05) is 0 Å². The van der Waals surface area contributed by atoms with Gasteiger partial charge in [0.2, 0.25) is 0 Å². The van der Waals surface area contributed by atoms with Crippen LogP contribution in [0.3, 0.4) is 0 Å². The predicted octanol–water partition coefficient (Wildman–Crippen LogP) is 8.67. The molecule has 0 atom stereocenters. The topological polar surface area (TPSA) is 29.5 Å². The Bertz CT molecular complexity index is 1750. The molecule has 0 radical (unpaired) electrons. The Morgan fingerprint density at radius 3 is 1.49 bits per heavy atom. The molecule has 196 valence electrons. The van der Waals surface area contributed by atoms with Gasteiger partial charge in [0.25, 0.3) is 0 Å². The first-order valence-electron chi connectivity index (χ1n) is 13.7. The van der Waals surface area contributed by atoms with Crippen molar-refractivity contribution >= 4 is 19.3 Å². The van der Waals surface area contributed by atoms with Gasteiger partial charge in [-0.1, -0.05) is 133 Å². The van der Waals surface area contributed by atoms with Crippen molar-refractivity contribution in [2.24, 2.45) is 0 Å². The van der Waals surface area contributed by atoms with E-state index in [0.29, 0.717) is 10.8 Å². The summed E-state index contributed by atoms with van der Waals surface area (Å²) in [4.78, 5) is 0. The minimum absolute atomic E-state index is 0.381. The standard InChI is InChI=1S/C37H26BClO2/c39-31-19-21-35-33(23-31)34-24-32(41-38-40)20-22-36(34)37(35,29-15-11-27(12-16-29)25-7-3-1-4-8-25)30-17-13-28(14-18-30)26-9-5-2-6-10-26/h1-24,38,40H. The zero-order valence-corrected chi connectivity index (χ0v) is 23.1. The van der Waals surface area contributed by atoms with E-state index in [1.54, 1.807) is 0 Å². The molecule has 0 amide bonds. The van der Waals surface area contributed by atoms with Gasteiger partial charge in [-0.3, -0.25) is 0 Å². The molecule has 0 aromatic heterocycles. The van der Waals surface area contributed by atoms with Crippen molar-refractivity contribution in [3.05, 3.63) is 173 Å². The lowest BCUT2D eigenvalue weighted by atomic mass is 9.67. The molecule has 0 saturated heterocycles. The fourth-order valence-electron chi connectivity index (χ4n) is 6.32. The Kier molecular flexibility index (Phi) is 6.47. The van der Waals surface area contributed by atoms with Crippen LogP contribution in [0.25, 0.3) is 33.4 Å². The monoisotopic (exact) mass is 548 g/mol. The van der Waals surface area contributed by atoms with E-state index in [1.807, 2.05) is 36.4 Å². The Hall–Kier alpha value is -4.57. The molecular weight excluding hydrogens is 523 g/mol. The lowest BCUT2D eigenvalue weighted by molar-refractivity contribution is 0.454. The molecule has 0 spiro atoms. The van der Waals surface area contributed by atoms with Crippen LogP contribution < -0.4 is 4.65 Å². The number of rotatable bonds is 6. The van der Waals surface area contributed by atoms with Gasteiger partial charge in [-0.15, -0.1) is 0 Å². The van der Waals surface area contributed by atoms with E-state index in [2.05, 4.69) is 109 Å². The summed E-state index contributed by atoms with van der Waals surface area (Å²) in [6.45, 7) is 0. The Balaban J connectivity index is 1.48. The highest BCUT2D eigenvalue weighted by atomic mass is 35.5. The van der Waals surface area contributed by atoms with Crippen LogP contribution in [0.4, 0.5) is 0 Å². The first kappa shape index (κ1) is 25.4. The average Bonchev–Trinajstić information content (AvgIpc) is 3.32. The lowest BCUT2D eigenvalue weighted by Gasteiger charge is -2.34. The Morgan fingerprint density at radius 2 is 0.976 bits per heavy atom. The van der Waals surface area contributed by atoms with Gasteiger partial charge >= 0.3 is 7.69 Å². The fourth-order valence-corrected chi connectivity index (χ4v) is 6.50. The molecule has 0 saturated carbocycles. The zero-order valence-electron chi connectivity index (χ0n) is 22.3. The number of halogens is 1. The minimum atomic E-state index is -0.572. The smallest absolute Gasteiger partial charge is 0.504 e. The molecule has 41 heavy (non-hydrogen) atoms. The fraction of sp³-hybridized carbons (Fsp3) is 0.0270. The van der Waals surface area contributed by atoms with Crippen LogP contribution >= 0.6 is 11.6 Å². The molecule has 0 heterocycles. The van der Waals surface area contributed by atoms with Crippen LogP contribution in [0.2, 0.25) is 5.02 Å². The number of benzene rings is 6. The van der Waals surface area contributed by atoms with Gasteiger partial charge in [0, 0.05) is 5.02 Å². The molecule has 0 unspecified atom stereocenters. The van der Waals surface area contributed by atoms with Crippen molar-refractivity contribution in [1.82, 2.24) is 0 Å². The molecule has 0 fully saturated rings. The van der Waals surface area contributed by atoms with E-state index in [9.17, 15) is 5.02 Å². The highest BCUT2D eigenvalue weighted by molar-refractivity contribution is 6.31. The molecule has 0 aliphatic heterocycles. The van der Waals surface area contributed by atoms with Crippen molar-refractivity contribution in [3.63, 3.8) is 0 Å². The van der Waals surface area contributed by atoms with E-state index in [1.165, 1.54) is 33.4 Å². The lowest BCUT2D eigenvalue weighted by Crippen LogP contribution is -2.28. The quantitative estimate of drug-likeness (QED) is 0.211. The third-order valence-electron chi connectivity index (χ3n) is 8.15. The minimum Gasteiger partial charge on any atom is -0.539 e. The second kappa shape index (κ2) is 10.4. The largest absolute Gasteiger partial charge is 0.539 e. The van der Waals surface area contributed by atoms with E-state index >= 15 is 0 Å². The third kappa shape index (κ3) is 4.26. The van der Waals surface area contributed by atoms with Gasteiger partial charge in [0.15, 0.2) is 0 Å². The maximum absolute atomic E-state index is 9.46. The first-order valence-corrected chi connectivity index (χ1v) is 14.1. The summed E-state index contributed by atoms with van der Waals surface area (Å²) in [6.07, 6.45) is 0. The van der Waals surface area contributed by atoms with Crippen LogP contribution in [0, 0.1) is 0 Å². The van der Waals surface area contributed by atoms with Gasteiger partial charge in [0.05, 0.1) is 5.41 Å². The highest BCUT2D eigenvalue weighted by Crippen LogP contribution is 2.57. The zero-order chi connectivity index (χ0) is 27.8. The number of hydrogen-bond donors (Lipinski definition) is 1. The molecule has 1 N–H and O–H groups in total. The van der Waals surface area contributed by atoms with Gasteiger partial charge in [-0.05, 0) is 79.9 Å². The van der Waals surface area contributed by atoms with E-state index < -0.39 is 5.41 Å². The van der Waals surface area contributed by atoms with Gasteiger partial charge in [-0.25, -0.2) is 0 Å². The van der Waals surface area contributed by atoms with Crippen molar-refractivity contribution in [3.8, 4) is 39.1 Å². The van der Waals surface area contributed by atoms with E-state index in [4.69, 9.17) is 16.3 Å². The summed E-state index contributed by atoms with van der Waals surface area (Å²) in [7, 11) is -0.381. The van der Waals surface area contributed by atoms with Gasteiger partial charge in [-0.2, -0.15) is 0 Å². The summed E-state index contributed by atoms with van der Waals surface area (Å²) in [5.41, 5.74) is 10.9. The van der Waals surface area contributed by atoms with Crippen LogP contribution in [0.1, 0.15) is 22.3 Å². The second-order valence-electron chi connectivity index (χ2n) is 10.3. The van der Waals surface area contributed by atoms with Crippen LogP contribution in [0.5, 0.6) is 5.75 Å². The molecule has 6 aromatic carbocycles.